The topological polar surface area (TPSA) is 87.7 Å². The number of rotatable bonds is 6. The molecule has 0 saturated carbocycles. The Morgan fingerprint density at radius 1 is 1.48 bits per heavy atom. The lowest BCUT2D eigenvalue weighted by atomic mass is 10.1. The Bertz CT molecular complexity index is 720. The average Bonchev–Trinajstić information content (AvgIpc) is 3.31. The van der Waals surface area contributed by atoms with Gasteiger partial charge in [-0.05, 0) is 24.5 Å². The van der Waals surface area contributed by atoms with Crippen LogP contribution in [0.2, 0.25) is 0 Å². The van der Waals surface area contributed by atoms with Crippen molar-refractivity contribution >= 4 is 27.7 Å². The van der Waals surface area contributed by atoms with Gasteiger partial charge in [0.1, 0.15) is 5.75 Å². The van der Waals surface area contributed by atoms with E-state index in [-0.39, 0.29) is 22.8 Å². The van der Waals surface area contributed by atoms with Gasteiger partial charge in [0.25, 0.3) is 0 Å². The van der Waals surface area contributed by atoms with Crippen molar-refractivity contribution in [3.8, 4) is 5.75 Å². The van der Waals surface area contributed by atoms with Gasteiger partial charge in [-0.1, -0.05) is 6.07 Å². The van der Waals surface area contributed by atoms with Gasteiger partial charge >= 0.3 is 0 Å². The van der Waals surface area contributed by atoms with Crippen LogP contribution in [-0.4, -0.2) is 63.6 Å². The fourth-order valence-electron chi connectivity index (χ4n) is 3.04. The van der Waals surface area contributed by atoms with Gasteiger partial charge < -0.3 is 15.0 Å². The first-order valence-electron chi connectivity index (χ1n) is 8.23. The van der Waals surface area contributed by atoms with Gasteiger partial charge in [-0.2, -0.15) is 0 Å². The van der Waals surface area contributed by atoms with Crippen LogP contribution in [0.3, 0.4) is 0 Å². The molecule has 9 heteroatoms. The van der Waals surface area contributed by atoms with Gasteiger partial charge in [-0.25, -0.2) is 13.1 Å². The van der Waals surface area contributed by atoms with Gasteiger partial charge in [0.15, 0.2) is 0 Å². The van der Waals surface area contributed by atoms with Crippen molar-refractivity contribution in [2.45, 2.75) is 17.4 Å². The molecule has 0 bridgehead atoms. The van der Waals surface area contributed by atoms with E-state index in [0.29, 0.717) is 25.3 Å². The van der Waals surface area contributed by atoms with Gasteiger partial charge in [0, 0.05) is 31.5 Å². The predicted octanol–water partition coefficient (Wildman–Crippen LogP) is 0.485. The van der Waals surface area contributed by atoms with Crippen LogP contribution in [0.1, 0.15) is 6.42 Å². The van der Waals surface area contributed by atoms with Crippen molar-refractivity contribution in [1.82, 2.24) is 14.9 Å². The van der Waals surface area contributed by atoms with E-state index in [4.69, 9.17) is 4.74 Å². The molecule has 2 aliphatic rings. The largest absolute Gasteiger partial charge is 0.497 e. The highest BCUT2D eigenvalue weighted by molar-refractivity contribution is 7.99. The minimum absolute atomic E-state index is 0.101. The number of sulfonamides is 1. The number of nitrogens with zero attached hydrogens (tertiary/aromatic N) is 1. The highest BCUT2D eigenvalue weighted by Gasteiger charge is 2.33. The highest BCUT2D eigenvalue weighted by Crippen LogP contribution is 2.21. The van der Waals surface area contributed by atoms with Crippen LogP contribution in [0.4, 0.5) is 0 Å². The molecule has 138 valence electrons. The summed E-state index contributed by atoms with van der Waals surface area (Å²) in [5, 5.41) is 3.22. The Morgan fingerprint density at radius 2 is 2.32 bits per heavy atom. The first-order chi connectivity index (χ1) is 12.0. The summed E-state index contributed by atoms with van der Waals surface area (Å²) in [6.07, 6.45) is 0.653. The van der Waals surface area contributed by atoms with Gasteiger partial charge in [0.05, 0.1) is 23.9 Å². The summed E-state index contributed by atoms with van der Waals surface area (Å²) in [6.45, 7) is 1.75. The average molecular weight is 386 g/mol. The zero-order valence-corrected chi connectivity index (χ0v) is 15.7. The Hall–Kier alpha value is -1.29. The number of methoxy groups -OCH3 is 1. The molecule has 1 amide bonds. The fourth-order valence-corrected chi connectivity index (χ4v) is 5.15. The second kappa shape index (κ2) is 7.94. The molecule has 0 radical (unpaired) electrons. The first kappa shape index (κ1) is 18.5. The molecule has 2 fully saturated rings. The second-order valence-electron chi connectivity index (χ2n) is 6.23. The molecule has 3 rings (SSSR count). The van der Waals surface area contributed by atoms with Crippen molar-refractivity contribution in [3.63, 3.8) is 0 Å². The van der Waals surface area contributed by atoms with Crippen LogP contribution >= 0.6 is 11.8 Å². The lowest BCUT2D eigenvalue weighted by molar-refractivity contribution is -0.131. The van der Waals surface area contributed by atoms with Crippen LogP contribution in [0.5, 0.6) is 5.75 Å². The summed E-state index contributed by atoms with van der Waals surface area (Å²) in [4.78, 5) is 14.4. The van der Waals surface area contributed by atoms with E-state index < -0.39 is 10.0 Å². The van der Waals surface area contributed by atoms with Crippen molar-refractivity contribution in [2.75, 3.05) is 38.4 Å². The standard InChI is InChI=1S/C16H23N3O4S2/c1-23-13-3-2-4-14(8-13)25(21,22)18-10-12-7-15(17-9-12)16(20)19-5-6-24-11-19/h2-4,8,12,15,17-18H,5-7,9-11H2,1H3/t12-,15-/m0/s1. The third-order valence-electron chi connectivity index (χ3n) is 4.50. The van der Waals surface area contributed by atoms with Gasteiger partial charge in [-0.15, -0.1) is 11.8 Å². The SMILES string of the molecule is COc1cccc(S(=O)(=O)NC[C@@H]2CN[C@H](C(=O)N3CCSC3)C2)c1. The molecule has 0 spiro atoms. The van der Waals surface area contributed by atoms with E-state index in [2.05, 4.69) is 10.0 Å². The molecular weight excluding hydrogens is 362 g/mol. The zero-order valence-electron chi connectivity index (χ0n) is 14.1. The minimum atomic E-state index is -3.59. The number of hydrogen-bond acceptors (Lipinski definition) is 6. The maximum Gasteiger partial charge on any atom is 0.240 e. The quantitative estimate of drug-likeness (QED) is 0.741. The summed E-state index contributed by atoms with van der Waals surface area (Å²) in [5.74, 6) is 2.47. The van der Waals surface area contributed by atoms with E-state index in [1.165, 1.54) is 19.2 Å². The fraction of sp³-hybridized carbons (Fsp3) is 0.562. The van der Waals surface area contributed by atoms with Crippen LogP contribution in [-0.2, 0) is 14.8 Å². The molecule has 2 N–H and O–H groups in total. The Labute approximate surface area is 152 Å². The summed E-state index contributed by atoms with van der Waals surface area (Å²) < 4.78 is 32.5. The Morgan fingerprint density at radius 3 is 3.04 bits per heavy atom. The van der Waals surface area contributed by atoms with Crippen molar-refractivity contribution < 1.29 is 17.9 Å². The molecule has 2 saturated heterocycles. The molecule has 2 heterocycles. The zero-order chi connectivity index (χ0) is 17.9. The molecule has 25 heavy (non-hydrogen) atoms. The summed E-state index contributed by atoms with van der Waals surface area (Å²) in [5.41, 5.74) is 0. The summed E-state index contributed by atoms with van der Waals surface area (Å²) in [6, 6.07) is 6.17. The van der Waals surface area contributed by atoms with Gasteiger partial charge in [-0.3, -0.25) is 4.79 Å². The van der Waals surface area contributed by atoms with Gasteiger partial charge in [0.2, 0.25) is 15.9 Å². The number of hydrogen-bond donors (Lipinski definition) is 2. The molecule has 7 nitrogen and oxygen atoms in total. The minimum Gasteiger partial charge on any atom is -0.497 e. The van der Waals surface area contributed by atoms with Crippen molar-refractivity contribution in [2.24, 2.45) is 5.92 Å². The van der Waals surface area contributed by atoms with Crippen molar-refractivity contribution in [3.05, 3.63) is 24.3 Å². The van der Waals surface area contributed by atoms with Crippen LogP contribution in [0.25, 0.3) is 0 Å². The van der Waals surface area contributed by atoms with E-state index in [9.17, 15) is 13.2 Å². The third-order valence-corrected chi connectivity index (χ3v) is 6.88. The monoisotopic (exact) mass is 385 g/mol. The number of carbonyl (C=O) groups is 1. The number of benzene rings is 1. The van der Waals surface area contributed by atoms with Crippen LogP contribution < -0.4 is 14.8 Å². The number of ether oxygens (including phenoxy) is 1. The van der Waals surface area contributed by atoms with E-state index >= 15 is 0 Å². The molecular formula is C16H23N3O4S2. The van der Waals surface area contributed by atoms with Crippen molar-refractivity contribution in [1.29, 1.82) is 0 Å². The van der Waals surface area contributed by atoms with E-state index in [0.717, 1.165) is 18.2 Å². The molecule has 1 aromatic carbocycles. The number of carbonyl (C=O) groups excluding carboxylic acids is 1. The number of amides is 1. The second-order valence-corrected chi connectivity index (χ2v) is 9.07. The van der Waals surface area contributed by atoms with E-state index in [1.54, 1.807) is 23.9 Å². The smallest absolute Gasteiger partial charge is 0.240 e. The molecule has 2 atom stereocenters. The predicted molar refractivity (Wildman–Crippen MR) is 97.1 cm³/mol. The molecule has 0 unspecified atom stereocenters. The summed E-state index contributed by atoms with van der Waals surface area (Å²) in [7, 11) is -2.09. The molecule has 1 aromatic rings. The normalized spacial score (nSPS) is 23.8. The Balaban J connectivity index is 1.54. The molecule has 2 aliphatic heterocycles. The first-order valence-corrected chi connectivity index (χ1v) is 10.9. The maximum atomic E-state index is 12.4. The molecule has 0 aliphatic carbocycles. The summed E-state index contributed by atoms with van der Waals surface area (Å²) >= 11 is 1.76. The number of nitrogens with one attached hydrogen (secondary N) is 2. The lowest BCUT2D eigenvalue weighted by Gasteiger charge is -2.19. The van der Waals surface area contributed by atoms with E-state index in [1.807, 2.05) is 4.90 Å². The number of thioether (sulfide) groups is 1. The van der Waals surface area contributed by atoms with Crippen LogP contribution in [0.15, 0.2) is 29.2 Å². The highest BCUT2D eigenvalue weighted by atomic mass is 32.2. The lowest BCUT2D eigenvalue weighted by Crippen LogP contribution is -2.42. The Kier molecular flexibility index (Phi) is 5.88. The maximum absolute atomic E-state index is 12.4. The van der Waals surface area contributed by atoms with Crippen LogP contribution in [0, 0.1) is 5.92 Å². The molecule has 0 aromatic heterocycles. The third kappa shape index (κ3) is 4.46.